The van der Waals surface area contributed by atoms with E-state index in [1.54, 1.807) is 6.07 Å². The molecular weight excluding hydrogens is 509 g/mol. The van der Waals surface area contributed by atoms with Crippen molar-refractivity contribution in [2.45, 2.75) is 58.4 Å². The van der Waals surface area contributed by atoms with Crippen molar-refractivity contribution in [3.63, 3.8) is 0 Å². The molecule has 39 heavy (non-hydrogen) atoms. The molecule has 1 aliphatic heterocycles. The van der Waals surface area contributed by atoms with E-state index in [4.69, 9.17) is 11.6 Å². The summed E-state index contributed by atoms with van der Waals surface area (Å²) >= 11 is 6.58. The Morgan fingerprint density at radius 3 is 2.62 bits per heavy atom. The van der Waals surface area contributed by atoms with Crippen LogP contribution in [0.15, 0.2) is 54.9 Å². The van der Waals surface area contributed by atoms with Crippen LogP contribution >= 0.6 is 11.6 Å². The molecule has 7 rings (SSSR count). The van der Waals surface area contributed by atoms with Gasteiger partial charge in [-0.25, -0.2) is 9.37 Å². The Morgan fingerprint density at radius 2 is 1.90 bits per heavy atom. The highest BCUT2D eigenvalue weighted by atomic mass is 35.5. The smallest absolute Gasteiger partial charge is 0.251 e. The van der Waals surface area contributed by atoms with Gasteiger partial charge in [0.15, 0.2) is 11.6 Å². The number of anilines is 1. The summed E-state index contributed by atoms with van der Waals surface area (Å²) in [7, 11) is 0. The predicted octanol–water partition coefficient (Wildman–Crippen LogP) is 7.19. The normalized spacial score (nSPS) is 15.2. The third-order valence-corrected chi connectivity index (χ3v) is 8.72. The van der Waals surface area contributed by atoms with Crippen LogP contribution < -0.4 is 9.58 Å². The van der Waals surface area contributed by atoms with E-state index in [2.05, 4.69) is 68.8 Å². The summed E-state index contributed by atoms with van der Waals surface area (Å²) in [6.07, 6.45) is 8.70. The lowest BCUT2D eigenvalue weighted by molar-refractivity contribution is -0.646. The number of hydrogen-bond acceptors (Lipinski definition) is 2. The minimum Gasteiger partial charge on any atom is -0.360 e. The van der Waals surface area contributed by atoms with Gasteiger partial charge >= 0.3 is 0 Å². The van der Waals surface area contributed by atoms with Crippen molar-refractivity contribution in [2.75, 3.05) is 11.4 Å². The van der Waals surface area contributed by atoms with Crippen LogP contribution in [0.5, 0.6) is 0 Å². The largest absolute Gasteiger partial charge is 0.360 e. The third-order valence-electron chi connectivity index (χ3n) is 8.41. The second-order valence-electron chi connectivity index (χ2n) is 10.8. The maximum atomic E-state index is 15.4. The number of nitrogens with zero attached hydrogens (tertiary/aromatic N) is 3. The summed E-state index contributed by atoms with van der Waals surface area (Å²) in [5, 5.41) is 5.56. The van der Waals surface area contributed by atoms with Gasteiger partial charge in [0, 0.05) is 41.9 Å². The zero-order valence-electron chi connectivity index (χ0n) is 22.3. The van der Waals surface area contributed by atoms with Gasteiger partial charge in [0.25, 0.3) is 5.69 Å². The summed E-state index contributed by atoms with van der Waals surface area (Å²) in [5.41, 5.74) is 10.3. The second-order valence-corrected chi connectivity index (χ2v) is 11.2. The van der Waals surface area contributed by atoms with Crippen LogP contribution in [-0.4, -0.2) is 21.6 Å². The van der Waals surface area contributed by atoms with Crippen molar-refractivity contribution in [1.29, 1.82) is 0 Å². The highest BCUT2D eigenvalue weighted by Gasteiger charge is 2.36. The van der Waals surface area contributed by atoms with E-state index in [9.17, 15) is 0 Å². The summed E-state index contributed by atoms with van der Waals surface area (Å²) in [6.45, 7) is 5.69. The molecular formula is C32H32ClFN5+. The van der Waals surface area contributed by atoms with Crippen molar-refractivity contribution < 1.29 is 9.07 Å². The molecule has 3 aromatic heterocycles. The number of aromatic nitrogens is 4. The number of H-pyrrole nitrogens is 2. The van der Waals surface area contributed by atoms with Gasteiger partial charge in [0.05, 0.1) is 33.9 Å². The highest BCUT2D eigenvalue weighted by Crippen LogP contribution is 2.41. The molecule has 5 nitrogen and oxygen atoms in total. The molecule has 0 bridgehead atoms. The van der Waals surface area contributed by atoms with Crippen molar-refractivity contribution in [3.05, 3.63) is 93.6 Å². The number of halogens is 2. The van der Waals surface area contributed by atoms with Gasteiger partial charge in [0.1, 0.15) is 0 Å². The van der Waals surface area contributed by atoms with Crippen molar-refractivity contribution in [1.82, 2.24) is 15.1 Å². The van der Waals surface area contributed by atoms with Gasteiger partial charge in [-0.15, -0.1) is 0 Å². The number of fused-ring (bicyclic) bond motifs is 2. The number of benzene rings is 2. The van der Waals surface area contributed by atoms with Crippen LogP contribution in [0.3, 0.4) is 0 Å². The van der Waals surface area contributed by atoms with Crippen LogP contribution in [0, 0.1) is 5.82 Å². The Morgan fingerprint density at radius 1 is 1.10 bits per heavy atom. The molecule has 1 aliphatic carbocycles. The van der Waals surface area contributed by atoms with Crippen LogP contribution in [0.1, 0.15) is 60.6 Å². The first kappa shape index (κ1) is 24.4. The number of aryl methyl sites for hydroxylation is 2. The van der Waals surface area contributed by atoms with Crippen LogP contribution in [0.2, 0.25) is 5.02 Å². The van der Waals surface area contributed by atoms with Gasteiger partial charge < -0.3 is 9.88 Å². The fourth-order valence-electron chi connectivity index (χ4n) is 6.21. The van der Waals surface area contributed by atoms with E-state index in [1.165, 1.54) is 28.1 Å². The summed E-state index contributed by atoms with van der Waals surface area (Å²) in [5.74, 6) is 0.691. The minimum absolute atomic E-state index is 0.225. The number of rotatable bonds is 6. The van der Waals surface area contributed by atoms with E-state index >= 15 is 4.39 Å². The quantitative estimate of drug-likeness (QED) is 0.224. The lowest BCUT2D eigenvalue weighted by atomic mass is 9.97. The molecule has 0 unspecified atom stereocenters. The Balaban J connectivity index is 1.43. The SMILES string of the molecule is CCc1cccc(CC)c1-[n+]1[nH]c2c(c1-c1ccc(Cl)c3[nH]ccc13)CN(c1ncc(C3CC3)cc1F)CC2. The third kappa shape index (κ3) is 4.04. The zero-order valence-corrected chi connectivity index (χ0v) is 23.1. The fraction of sp³-hybridized carbons (Fsp3) is 0.312. The second kappa shape index (κ2) is 9.53. The first-order chi connectivity index (χ1) is 19.1. The molecule has 2 N–H and O–H groups in total. The minimum atomic E-state index is -0.225. The average Bonchev–Trinajstić information content (AvgIpc) is 3.57. The van der Waals surface area contributed by atoms with E-state index in [0.29, 0.717) is 29.8 Å². The maximum Gasteiger partial charge on any atom is 0.251 e. The standard InChI is InChI=1S/C32H31ClFN5/c1-3-19-6-5-7-20(4-2)30(19)39-31(24-10-11-26(33)29-23(24)12-14-35-29)25-18-38(15-13-28(25)37-39)32-27(34)16-22(17-36-32)21-8-9-21/h5-7,10-12,14,16-17,21H,3-4,8-9,13,15,18H2,1-2H3,(H,35,37)/p+1. The van der Waals surface area contributed by atoms with Gasteiger partial charge in [-0.05, 0) is 61.4 Å². The molecule has 2 aromatic carbocycles. The van der Waals surface area contributed by atoms with Gasteiger partial charge in [0.2, 0.25) is 5.69 Å². The Labute approximate surface area is 232 Å². The highest BCUT2D eigenvalue weighted by molar-refractivity contribution is 6.35. The topological polar surface area (TPSA) is 51.6 Å². The van der Waals surface area contributed by atoms with Crippen molar-refractivity contribution >= 4 is 28.3 Å². The number of hydrogen-bond donors (Lipinski definition) is 2. The summed E-state index contributed by atoms with van der Waals surface area (Å²) in [6, 6.07) is 14.4. The predicted molar refractivity (Wildman–Crippen MR) is 154 cm³/mol. The molecule has 1 fully saturated rings. The number of aromatic amines is 2. The Bertz CT molecular complexity index is 1690. The fourth-order valence-corrected chi connectivity index (χ4v) is 6.43. The lowest BCUT2D eigenvalue weighted by Gasteiger charge is -2.27. The van der Waals surface area contributed by atoms with Crippen molar-refractivity contribution in [3.8, 4) is 16.9 Å². The Kier molecular flexibility index (Phi) is 5.96. The maximum absolute atomic E-state index is 15.4. The molecule has 5 aromatic rings. The number of nitrogens with one attached hydrogen (secondary N) is 2. The van der Waals surface area contributed by atoms with Crippen LogP contribution in [0.4, 0.5) is 10.2 Å². The number of para-hydroxylation sites is 1. The van der Waals surface area contributed by atoms with E-state index < -0.39 is 0 Å². The molecule has 0 atom stereocenters. The van der Waals surface area contributed by atoms with E-state index in [0.717, 1.165) is 59.8 Å². The van der Waals surface area contributed by atoms with Gasteiger partial charge in [-0.1, -0.05) is 48.3 Å². The molecule has 0 saturated heterocycles. The van der Waals surface area contributed by atoms with E-state index in [-0.39, 0.29) is 5.82 Å². The van der Waals surface area contributed by atoms with Crippen LogP contribution in [0.25, 0.3) is 27.8 Å². The van der Waals surface area contributed by atoms with Gasteiger partial charge in [-0.2, -0.15) is 5.10 Å². The lowest BCUT2D eigenvalue weighted by Crippen LogP contribution is -2.38. The molecule has 4 heterocycles. The molecule has 0 spiro atoms. The molecule has 0 radical (unpaired) electrons. The summed E-state index contributed by atoms with van der Waals surface area (Å²) in [4.78, 5) is 10.0. The molecule has 1 saturated carbocycles. The first-order valence-corrected chi connectivity index (χ1v) is 14.4. The molecule has 0 amide bonds. The molecule has 7 heteroatoms. The number of pyridine rings is 1. The Hall–Kier alpha value is -3.64. The van der Waals surface area contributed by atoms with Crippen molar-refractivity contribution in [2.24, 2.45) is 0 Å². The monoisotopic (exact) mass is 540 g/mol. The molecule has 198 valence electrons. The zero-order chi connectivity index (χ0) is 26.7. The van der Waals surface area contributed by atoms with Crippen LogP contribution in [-0.2, 0) is 25.8 Å². The van der Waals surface area contributed by atoms with Gasteiger partial charge in [-0.3, -0.25) is 0 Å². The molecule has 2 aliphatic rings. The van der Waals surface area contributed by atoms with E-state index in [1.807, 2.05) is 18.5 Å². The first-order valence-electron chi connectivity index (χ1n) is 14.0. The summed E-state index contributed by atoms with van der Waals surface area (Å²) < 4.78 is 17.6. The average molecular weight is 541 g/mol.